The molecule has 5 nitrogen and oxygen atoms in total. The van der Waals surface area contributed by atoms with Gasteiger partial charge in [-0.2, -0.15) is 0 Å². The van der Waals surface area contributed by atoms with Crippen molar-refractivity contribution in [2.45, 2.75) is 11.7 Å². The second-order valence-corrected chi connectivity index (χ2v) is 7.09. The van der Waals surface area contributed by atoms with Gasteiger partial charge in [0.1, 0.15) is 0 Å². The van der Waals surface area contributed by atoms with Gasteiger partial charge in [0.25, 0.3) is 0 Å². The van der Waals surface area contributed by atoms with E-state index in [9.17, 15) is 14.4 Å². The summed E-state index contributed by atoms with van der Waals surface area (Å²) in [4.78, 5) is 37.8. The Bertz CT molecular complexity index is 796. The Kier molecular flexibility index (Phi) is 5.40. The highest BCUT2D eigenvalue weighted by Crippen LogP contribution is 2.30. The van der Waals surface area contributed by atoms with Gasteiger partial charge in [0.2, 0.25) is 17.7 Å². The molecule has 1 aliphatic rings. The molecule has 0 aromatic heterocycles. The van der Waals surface area contributed by atoms with Crippen molar-refractivity contribution in [3.8, 4) is 0 Å². The van der Waals surface area contributed by atoms with Gasteiger partial charge in [-0.3, -0.25) is 14.4 Å². The van der Waals surface area contributed by atoms with Gasteiger partial charge in [-0.05, 0) is 36.4 Å². The second kappa shape index (κ2) is 7.72. The number of carbonyl (C=O) groups excluding carboxylic acids is 3. The Morgan fingerprint density at radius 1 is 1.12 bits per heavy atom. The van der Waals surface area contributed by atoms with E-state index >= 15 is 0 Å². The third-order valence-corrected chi connectivity index (χ3v) is 5.11. The summed E-state index contributed by atoms with van der Waals surface area (Å²) in [5, 5.41) is 2.74. The van der Waals surface area contributed by atoms with E-state index in [1.54, 1.807) is 36.4 Å². The predicted octanol–water partition coefficient (Wildman–Crippen LogP) is 3.34. The maximum atomic E-state index is 12.5. The second-order valence-electron chi connectivity index (χ2n) is 5.46. The van der Waals surface area contributed by atoms with Crippen LogP contribution < -0.4 is 10.2 Å². The zero-order valence-electron chi connectivity index (χ0n) is 13.1. The minimum Gasteiger partial charge on any atom is -0.325 e. The number of anilines is 2. The lowest BCUT2D eigenvalue weighted by molar-refractivity contribution is -0.121. The summed E-state index contributed by atoms with van der Waals surface area (Å²) in [5.41, 5.74) is 1.20. The summed E-state index contributed by atoms with van der Waals surface area (Å²) in [6.45, 7) is 0. The average Bonchev–Trinajstić information content (AvgIpc) is 2.89. The molecule has 1 saturated heterocycles. The van der Waals surface area contributed by atoms with Crippen LogP contribution in [0.1, 0.15) is 6.42 Å². The van der Waals surface area contributed by atoms with Gasteiger partial charge < -0.3 is 5.32 Å². The molecule has 25 heavy (non-hydrogen) atoms. The predicted molar refractivity (Wildman–Crippen MR) is 99.9 cm³/mol. The topological polar surface area (TPSA) is 66.5 Å². The maximum absolute atomic E-state index is 12.5. The minimum atomic E-state index is -0.551. The molecule has 128 valence electrons. The maximum Gasteiger partial charge on any atom is 0.247 e. The minimum absolute atomic E-state index is 0.0880. The summed E-state index contributed by atoms with van der Waals surface area (Å²) in [6, 6.07) is 15.6. The van der Waals surface area contributed by atoms with E-state index in [1.807, 2.05) is 18.2 Å². The Hall–Kier alpha value is -2.31. The van der Waals surface area contributed by atoms with Crippen LogP contribution in [0.5, 0.6) is 0 Å². The van der Waals surface area contributed by atoms with Gasteiger partial charge in [0.15, 0.2) is 0 Å². The molecular weight excluding hydrogens is 360 g/mol. The van der Waals surface area contributed by atoms with Gasteiger partial charge >= 0.3 is 0 Å². The number of benzene rings is 2. The summed E-state index contributed by atoms with van der Waals surface area (Å²) in [5.74, 6) is -0.674. The zero-order valence-corrected chi connectivity index (χ0v) is 14.7. The average molecular weight is 375 g/mol. The number of halogens is 1. The van der Waals surface area contributed by atoms with E-state index in [2.05, 4.69) is 5.32 Å². The monoisotopic (exact) mass is 374 g/mol. The number of nitrogens with one attached hydrogen (secondary N) is 1. The Morgan fingerprint density at radius 3 is 2.48 bits per heavy atom. The molecule has 1 atom stereocenters. The number of carbonyl (C=O) groups is 3. The molecule has 1 fully saturated rings. The van der Waals surface area contributed by atoms with E-state index in [4.69, 9.17) is 11.6 Å². The van der Waals surface area contributed by atoms with Crippen molar-refractivity contribution >= 4 is 52.5 Å². The Morgan fingerprint density at radius 2 is 1.80 bits per heavy atom. The summed E-state index contributed by atoms with van der Waals surface area (Å²) < 4.78 is 0. The van der Waals surface area contributed by atoms with Crippen molar-refractivity contribution < 1.29 is 14.4 Å². The quantitative estimate of drug-likeness (QED) is 0.815. The van der Waals surface area contributed by atoms with E-state index < -0.39 is 5.25 Å². The van der Waals surface area contributed by atoms with Gasteiger partial charge in [0.05, 0.1) is 16.7 Å². The third-order valence-electron chi connectivity index (χ3n) is 3.66. The smallest absolute Gasteiger partial charge is 0.247 e. The molecule has 3 amide bonds. The van der Waals surface area contributed by atoms with Crippen LogP contribution in [-0.2, 0) is 14.4 Å². The van der Waals surface area contributed by atoms with Gasteiger partial charge in [-0.1, -0.05) is 29.8 Å². The number of hydrogen-bond donors (Lipinski definition) is 1. The molecule has 7 heteroatoms. The van der Waals surface area contributed by atoms with Crippen molar-refractivity contribution in [3.05, 3.63) is 59.6 Å². The number of hydrogen-bond acceptors (Lipinski definition) is 4. The first kappa shape index (κ1) is 17.5. The van der Waals surface area contributed by atoms with Gasteiger partial charge in [0, 0.05) is 17.1 Å². The first-order valence-corrected chi connectivity index (χ1v) is 9.06. The third kappa shape index (κ3) is 4.21. The van der Waals surface area contributed by atoms with Crippen molar-refractivity contribution in [2.24, 2.45) is 0 Å². The SMILES string of the molecule is O=C(CS[C@H]1CC(=O)N(c2ccc(Cl)cc2)C1=O)Nc1ccccc1. The Balaban J connectivity index is 1.59. The lowest BCUT2D eigenvalue weighted by atomic mass is 10.3. The van der Waals surface area contributed by atoms with Crippen LogP contribution in [0.15, 0.2) is 54.6 Å². The fourth-order valence-corrected chi connectivity index (χ4v) is 3.55. The molecule has 0 radical (unpaired) electrons. The van der Waals surface area contributed by atoms with Crippen molar-refractivity contribution in [3.63, 3.8) is 0 Å². The number of para-hydroxylation sites is 1. The van der Waals surface area contributed by atoms with Crippen LogP contribution in [0.2, 0.25) is 5.02 Å². The van der Waals surface area contributed by atoms with Crippen LogP contribution in [0.25, 0.3) is 0 Å². The number of nitrogens with zero attached hydrogens (tertiary/aromatic N) is 1. The molecule has 0 spiro atoms. The van der Waals surface area contributed by atoms with Crippen LogP contribution in [-0.4, -0.2) is 28.7 Å². The molecule has 0 aliphatic carbocycles. The van der Waals surface area contributed by atoms with Crippen LogP contribution in [0.4, 0.5) is 11.4 Å². The number of rotatable bonds is 5. The zero-order chi connectivity index (χ0) is 17.8. The largest absolute Gasteiger partial charge is 0.325 e. The van der Waals surface area contributed by atoms with Gasteiger partial charge in [-0.25, -0.2) is 4.90 Å². The van der Waals surface area contributed by atoms with Crippen LogP contribution in [0, 0.1) is 0 Å². The van der Waals surface area contributed by atoms with Crippen molar-refractivity contribution in [1.29, 1.82) is 0 Å². The molecule has 1 aliphatic heterocycles. The number of thioether (sulfide) groups is 1. The molecule has 0 unspecified atom stereocenters. The summed E-state index contributed by atoms with van der Waals surface area (Å²) in [6.07, 6.45) is 0.0880. The van der Waals surface area contributed by atoms with E-state index in [0.29, 0.717) is 16.4 Å². The molecule has 1 N–H and O–H groups in total. The van der Waals surface area contributed by atoms with Crippen molar-refractivity contribution in [1.82, 2.24) is 0 Å². The lowest BCUT2D eigenvalue weighted by Gasteiger charge is -2.15. The highest BCUT2D eigenvalue weighted by Gasteiger charge is 2.40. The van der Waals surface area contributed by atoms with Crippen LogP contribution in [0.3, 0.4) is 0 Å². The molecule has 2 aromatic carbocycles. The standard InChI is InChI=1S/C18H15ClN2O3S/c19-12-6-8-14(9-7-12)21-17(23)10-15(18(21)24)25-11-16(22)20-13-4-2-1-3-5-13/h1-9,15H,10-11H2,(H,20,22)/t15-/m0/s1. The molecule has 0 bridgehead atoms. The molecule has 1 heterocycles. The Labute approximate surface area is 154 Å². The highest BCUT2D eigenvalue weighted by atomic mass is 35.5. The van der Waals surface area contributed by atoms with E-state index in [-0.39, 0.29) is 29.9 Å². The first-order chi connectivity index (χ1) is 12.0. The van der Waals surface area contributed by atoms with E-state index in [0.717, 1.165) is 4.90 Å². The summed E-state index contributed by atoms with van der Waals surface area (Å²) in [7, 11) is 0. The molecular formula is C18H15ClN2O3S. The normalized spacial score (nSPS) is 17.0. The number of imide groups is 1. The fourth-order valence-electron chi connectivity index (χ4n) is 2.49. The molecule has 3 rings (SSSR count). The van der Waals surface area contributed by atoms with E-state index in [1.165, 1.54) is 11.8 Å². The first-order valence-electron chi connectivity index (χ1n) is 7.63. The highest BCUT2D eigenvalue weighted by molar-refractivity contribution is 8.01. The van der Waals surface area contributed by atoms with Crippen LogP contribution >= 0.6 is 23.4 Å². The molecule has 0 saturated carbocycles. The fraction of sp³-hybridized carbons (Fsp3) is 0.167. The number of amides is 3. The molecule has 2 aromatic rings. The summed E-state index contributed by atoms with van der Waals surface area (Å²) >= 11 is 7.01. The van der Waals surface area contributed by atoms with Gasteiger partial charge in [-0.15, -0.1) is 11.8 Å². The lowest BCUT2D eigenvalue weighted by Crippen LogP contribution is -2.31. The van der Waals surface area contributed by atoms with Crippen molar-refractivity contribution in [2.75, 3.05) is 16.0 Å².